The molecule has 150 valence electrons. The number of aryl methyl sites for hydroxylation is 1. The fourth-order valence-corrected chi connectivity index (χ4v) is 4.73. The van der Waals surface area contributed by atoms with Crippen LogP contribution in [0.4, 0.5) is 0 Å². The lowest BCUT2D eigenvalue weighted by atomic mass is 9.79. The van der Waals surface area contributed by atoms with Crippen molar-refractivity contribution in [3.8, 4) is 0 Å². The molecule has 0 amide bonds. The minimum absolute atomic E-state index is 0.182. The number of carbonyl (C=O) groups excluding carboxylic acids is 1. The first kappa shape index (κ1) is 20.3. The molecule has 2 saturated heterocycles. The summed E-state index contributed by atoms with van der Waals surface area (Å²) in [5.41, 5.74) is 0.511. The molecule has 1 aromatic rings. The summed E-state index contributed by atoms with van der Waals surface area (Å²) in [4.78, 5) is 22.9. The number of benzene rings is 1. The maximum Gasteiger partial charge on any atom is 0.309 e. The third-order valence-corrected chi connectivity index (χ3v) is 6.01. The summed E-state index contributed by atoms with van der Waals surface area (Å²) >= 11 is 0. The van der Waals surface area contributed by atoms with Crippen LogP contribution < -0.4 is 0 Å². The van der Waals surface area contributed by atoms with Crippen LogP contribution >= 0.6 is 0 Å². The van der Waals surface area contributed by atoms with E-state index in [9.17, 15) is 4.79 Å². The molecule has 27 heavy (non-hydrogen) atoms. The van der Waals surface area contributed by atoms with Crippen LogP contribution in [0.2, 0.25) is 0 Å². The Morgan fingerprint density at radius 3 is 2.63 bits per heavy atom. The Morgan fingerprint density at radius 2 is 1.85 bits per heavy atom. The third-order valence-electron chi connectivity index (χ3n) is 6.01. The van der Waals surface area contributed by atoms with Gasteiger partial charge in [0.15, 0.2) is 0 Å². The van der Waals surface area contributed by atoms with Gasteiger partial charge in [0.1, 0.15) is 17.3 Å². The summed E-state index contributed by atoms with van der Waals surface area (Å²) in [6, 6.07) is 10.7. The average molecular weight is 375 g/mol. The Bertz CT molecular complexity index is 616. The maximum absolute atomic E-state index is 11.6. The van der Waals surface area contributed by atoms with E-state index < -0.39 is 5.60 Å². The van der Waals surface area contributed by atoms with Gasteiger partial charge in [0.25, 0.3) is 0 Å². The van der Waals surface area contributed by atoms with Gasteiger partial charge in [-0.15, -0.1) is 0 Å². The molecule has 4 unspecified atom stereocenters. The minimum Gasteiger partial charge on any atom is -0.456 e. The molecule has 1 aromatic carbocycles. The van der Waals surface area contributed by atoms with Crippen LogP contribution in [0, 0.1) is 5.92 Å². The highest BCUT2D eigenvalue weighted by Crippen LogP contribution is 2.44. The lowest BCUT2D eigenvalue weighted by Gasteiger charge is -2.44. The van der Waals surface area contributed by atoms with Gasteiger partial charge in [-0.3, -0.25) is 4.79 Å². The lowest BCUT2D eigenvalue weighted by molar-refractivity contribution is -0.429. The summed E-state index contributed by atoms with van der Waals surface area (Å²) in [6.45, 7) is 6.34. The van der Waals surface area contributed by atoms with E-state index in [-0.39, 0.29) is 17.7 Å². The highest BCUT2D eigenvalue weighted by atomic mass is 17.2. The van der Waals surface area contributed by atoms with Crippen molar-refractivity contribution in [1.82, 2.24) is 0 Å². The molecule has 3 rings (SSSR count). The summed E-state index contributed by atoms with van der Waals surface area (Å²) in [5.74, 6) is 0.379. The van der Waals surface area contributed by atoms with E-state index in [1.165, 1.54) is 44.1 Å². The first-order valence-corrected chi connectivity index (χ1v) is 10.5. The number of hydrogen-bond acceptors (Lipinski definition) is 4. The zero-order chi connectivity index (χ0) is 19.3. The lowest BCUT2D eigenvalue weighted by Crippen LogP contribution is -2.52. The van der Waals surface area contributed by atoms with Crippen LogP contribution in [0.15, 0.2) is 30.3 Å². The van der Waals surface area contributed by atoms with Crippen molar-refractivity contribution in [2.45, 2.75) is 95.9 Å². The molecular formula is C23H34O4. The van der Waals surface area contributed by atoms with E-state index in [4.69, 9.17) is 14.5 Å². The molecule has 2 aliphatic heterocycles. The van der Waals surface area contributed by atoms with Crippen molar-refractivity contribution in [3.63, 3.8) is 0 Å². The maximum atomic E-state index is 11.6. The number of carbonyl (C=O) groups is 1. The topological polar surface area (TPSA) is 44.8 Å². The van der Waals surface area contributed by atoms with Crippen molar-refractivity contribution in [1.29, 1.82) is 0 Å². The summed E-state index contributed by atoms with van der Waals surface area (Å²) in [7, 11) is 0. The third kappa shape index (κ3) is 5.55. The fraction of sp³-hybridized carbons (Fsp3) is 0.696. The Kier molecular flexibility index (Phi) is 6.59. The second-order valence-electron chi connectivity index (χ2n) is 9.03. The molecule has 0 N–H and O–H groups in total. The first-order chi connectivity index (χ1) is 12.9. The van der Waals surface area contributed by atoms with Gasteiger partial charge in [-0.05, 0) is 44.6 Å². The zero-order valence-corrected chi connectivity index (χ0v) is 17.0. The number of fused-ring (bicyclic) bond motifs is 1. The molecule has 0 spiro atoms. The van der Waals surface area contributed by atoms with Gasteiger partial charge < -0.3 is 4.74 Å². The van der Waals surface area contributed by atoms with Gasteiger partial charge >= 0.3 is 5.97 Å². The molecule has 0 aromatic heterocycles. The Hall–Kier alpha value is -1.39. The molecule has 2 aliphatic rings. The van der Waals surface area contributed by atoms with Crippen molar-refractivity contribution in [2.75, 3.05) is 0 Å². The molecule has 0 saturated carbocycles. The molecule has 2 heterocycles. The van der Waals surface area contributed by atoms with Crippen molar-refractivity contribution < 1.29 is 19.3 Å². The molecule has 0 radical (unpaired) electrons. The Morgan fingerprint density at radius 1 is 1.11 bits per heavy atom. The van der Waals surface area contributed by atoms with Gasteiger partial charge in [0, 0.05) is 6.42 Å². The second kappa shape index (κ2) is 8.74. The summed E-state index contributed by atoms with van der Waals surface area (Å²) in [5, 5.41) is 0. The van der Waals surface area contributed by atoms with Gasteiger partial charge in [-0.25, -0.2) is 9.78 Å². The zero-order valence-electron chi connectivity index (χ0n) is 17.0. The predicted molar refractivity (Wildman–Crippen MR) is 105 cm³/mol. The van der Waals surface area contributed by atoms with Crippen LogP contribution in [0.3, 0.4) is 0 Å². The number of hydrogen-bond donors (Lipinski definition) is 0. The van der Waals surface area contributed by atoms with E-state index in [0.29, 0.717) is 18.8 Å². The van der Waals surface area contributed by atoms with Crippen LogP contribution in [0.1, 0.15) is 77.7 Å². The van der Waals surface area contributed by atoms with E-state index in [1.54, 1.807) is 0 Å². The predicted octanol–water partition coefficient (Wildman–Crippen LogP) is 5.39. The molecule has 4 nitrogen and oxygen atoms in total. The number of ether oxygens (including phenoxy) is 1. The molecule has 0 aliphatic carbocycles. The normalized spacial score (nSPS) is 31.4. The van der Waals surface area contributed by atoms with Crippen molar-refractivity contribution in [3.05, 3.63) is 35.9 Å². The molecule has 2 fully saturated rings. The van der Waals surface area contributed by atoms with Crippen molar-refractivity contribution >= 4 is 5.97 Å². The Balaban J connectivity index is 1.33. The van der Waals surface area contributed by atoms with E-state index >= 15 is 0 Å². The molecule has 0 bridgehead atoms. The SMILES string of the molecule is CC(CCCCCCc1ccccc1)CC1(C)CC2(C)OC(=O)CC2OO1. The van der Waals surface area contributed by atoms with Gasteiger partial charge in [0.05, 0.1) is 6.42 Å². The highest BCUT2D eigenvalue weighted by molar-refractivity contribution is 5.73. The van der Waals surface area contributed by atoms with E-state index in [2.05, 4.69) is 44.2 Å². The number of esters is 1. The highest BCUT2D eigenvalue weighted by Gasteiger charge is 2.55. The molecule has 4 atom stereocenters. The van der Waals surface area contributed by atoms with Gasteiger partial charge in [0.2, 0.25) is 0 Å². The quantitative estimate of drug-likeness (QED) is 0.330. The van der Waals surface area contributed by atoms with E-state index in [1.807, 2.05) is 6.92 Å². The van der Waals surface area contributed by atoms with Gasteiger partial charge in [-0.1, -0.05) is 62.9 Å². The number of unbranched alkanes of at least 4 members (excludes halogenated alkanes) is 3. The standard InChI is InChI=1S/C23H34O4/c1-18(11-7-4-5-8-12-19-13-9-6-10-14-19)16-22(2)17-23(3)20(26-27-22)15-21(24)25-23/h6,9-10,13-14,18,20H,4-5,7-8,11-12,15-17H2,1-3H3. The smallest absolute Gasteiger partial charge is 0.309 e. The summed E-state index contributed by atoms with van der Waals surface area (Å²) in [6.07, 6.45) is 9.12. The monoisotopic (exact) mass is 374 g/mol. The van der Waals surface area contributed by atoms with Crippen LogP contribution in [0.25, 0.3) is 0 Å². The first-order valence-electron chi connectivity index (χ1n) is 10.5. The molecular weight excluding hydrogens is 340 g/mol. The largest absolute Gasteiger partial charge is 0.456 e. The number of rotatable bonds is 9. The molecule has 4 heteroatoms. The second-order valence-corrected chi connectivity index (χ2v) is 9.03. The van der Waals surface area contributed by atoms with Crippen LogP contribution in [-0.4, -0.2) is 23.3 Å². The van der Waals surface area contributed by atoms with Crippen LogP contribution in [-0.2, 0) is 25.7 Å². The Labute approximate surface area is 163 Å². The average Bonchev–Trinajstić information content (AvgIpc) is 2.91. The van der Waals surface area contributed by atoms with Crippen molar-refractivity contribution in [2.24, 2.45) is 5.92 Å². The van der Waals surface area contributed by atoms with Crippen LogP contribution in [0.5, 0.6) is 0 Å². The fourth-order valence-electron chi connectivity index (χ4n) is 4.73. The van der Waals surface area contributed by atoms with E-state index in [0.717, 1.165) is 6.42 Å². The minimum atomic E-state index is -0.540. The van der Waals surface area contributed by atoms with Gasteiger partial charge in [-0.2, -0.15) is 0 Å². The summed E-state index contributed by atoms with van der Waals surface area (Å²) < 4.78 is 5.55.